The van der Waals surface area contributed by atoms with Gasteiger partial charge in [0.25, 0.3) is 0 Å². The second kappa shape index (κ2) is 7.20. The maximum absolute atomic E-state index is 11.9. The molecule has 1 aromatic rings. The number of amides is 1. The molecule has 0 radical (unpaired) electrons. The van der Waals surface area contributed by atoms with E-state index in [1.807, 2.05) is 12.1 Å². The number of hydrogen-bond donors (Lipinski definition) is 1. The molecule has 1 atom stereocenters. The molecule has 0 aliphatic carbocycles. The van der Waals surface area contributed by atoms with Gasteiger partial charge in [-0.3, -0.25) is 4.79 Å². The molecule has 0 spiro atoms. The van der Waals surface area contributed by atoms with Crippen molar-refractivity contribution in [2.24, 2.45) is 5.92 Å². The summed E-state index contributed by atoms with van der Waals surface area (Å²) in [6.45, 7) is 8.52. The summed E-state index contributed by atoms with van der Waals surface area (Å²) in [4.78, 5) is 11.9. The lowest BCUT2D eigenvalue weighted by atomic mass is 9.98. The standard InChI is InChI=1S/C16H25NO/c1-5-12(4)14-8-10-15(11-9-14)17-16(18)13(6-2)7-3/h8-13H,5-7H2,1-4H3,(H,17,18)/t12-/m1/s1. The number of benzene rings is 1. The van der Waals surface area contributed by atoms with Gasteiger partial charge in [0, 0.05) is 11.6 Å². The molecular weight excluding hydrogens is 222 g/mol. The van der Waals surface area contributed by atoms with E-state index in [-0.39, 0.29) is 11.8 Å². The predicted octanol–water partition coefficient (Wildman–Crippen LogP) is 4.57. The summed E-state index contributed by atoms with van der Waals surface area (Å²) in [5, 5.41) is 2.99. The zero-order valence-electron chi connectivity index (χ0n) is 12.0. The Hall–Kier alpha value is -1.31. The summed E-state index contributed by atoms with van der Waals surface area (Å²) in [7, 11) is 0. The van der Waals surface area contributed by atoms with Gasteiger partial charge in [-0.05, 0) is 42.9 Å². The van der Waals surface area contributed by atoms with Crippen LogP contribution in [-0.4, -0.2) is 5.91 Å². The van der Waals surface area contributed by atoms with Gasteiger partial charge in [0.1, 0.15) is 0 Å². The summed E-state index contributed by atoms with van der Waals surface area (Å²) in [6.07, 6.45) is 2.93. The van der Waals surface area contributed by atoms with Crippen molar-refractivity contribution < 1.29 is 4.79 Å². The van der Waals surface area contributed by atoms with Gasteiger partial charge in [0.05, 0.1) is 0 Å². The van der Waals surface area contributed by atoms with E-state index in [4.69, 9.17) is 0 Å². The quantitative estimate of drug-likeness (QED) is 0.783. The molecule has 1 amide bonds. The maximum Gasteiger partial charge on any atom is 0.227 e. The highest BCUT2D eigenvalue weighted by molar-refractivity contribution is 5.92. The van der Waals surface area contributed by atoms with Crippen LogP contribution in [0.1, 0.15) is 58.4 Å². The largest absolute Gasteiger partial charge is 0.326 e. The number of nitrogens with one attached hydrogen (secondary N) is 1. The highest BCUT2D eigenvalue weighted by Gasteiger charge is 2.14. The molecule has 0 bridgehead atoms. The SMILES string of the molecule is CCC(CC)C(=O)Nc1ccc([C@H](C)CC)cc1. The smallest absolute Gasteiger partial charge is 0.227 e. The fourth-order valence-corrected chi connectivity index (χ4v) is 2.03. The summed E-state index contributed by atoms with van der Waals surface area (Å²) in [6, 6.07) is 8.22. The van der Waals surface area contributed by atoms with E-state index < -0.39 is 0 Å². The minimum absolute atomic E-state index is 0.124. The fourth-order valence-electron chi connectivity index (χ4n) is 2.03. The van der Waals surface area contributed by atoms with E-state index in [2.05, 4.69) is 45.1 Å². The van der Waals surface area contributed by atoms with Crippen molar-refractivity contribution in [3.05, 3.63) is 29.8 Å². The first kappa shape index (κ1) is 14.7. The van der Waals surface area contributed by atoms with Crippen LogP contribution in [0.2, 0.25) is 0 Å². The van der Waals surface area contributed by atoms with Crippen LogP contribution >= 0.6 is 0 Å². The average Bonchev–Trinajstić information content (AvgIpc) is 2.40. The number of anilines is 1. The van der Waals surface area contributed by atoms with Gasteiger partial charge >= 0.3 is 0 Å². The molecule has 0 heterocycles. The Kier molecular flexibility index (Phi) is 5.90. The van der Waals surface area contributed by atoms with Gasteiger partial charge in [-0.25, -0.2) is 0 Å². The first-order chi connectivity index (χ1) is 8.62. The predicted molar refractivity (Wildman–Crippen MR) is 77.8 cm³/mol. The van der Waals surface area contributed by atoms with Crippen LogP contribution < -0.4 is 5.32 Å². The molecule has 2 heteroatoms. The zero-order chi connectivity index (χ0) is 13.5. The molecule has 100 valence electrons. The molecule has 0 fully saturated rings. The molecule has 0 aliphatic rings. The Bertz CT molecular complexity index is 365. The normalized spacial score (nSPS) is 12.5. The Labute approximate surface area is 111 Å². The van der Waals surface area contributed by atoms with Gasteiger partial charge < -0.3 is 5.32 Å². The van der Waals surface area contributed by atoms with Crippen molar-refractivity contribution in [2.75, 3.05) is 5.32 Å². The zero-order valence-corrected chi connectivity index (χ0v) is 12.0. The van der Waals surface area contributed by atoms with E-state index in [1.54, 1.807) is 0 Å². The Morgan fingerprint density at radius 3 is 2.06 bits per heavy atom. The lowest BCUT2D eigenvalue weighted by Gasteiger charge is -2.14. The third kappa shape index (κ3) is 3.86. The molecule has 0 saturated carbocycles. The summed E-state index contributed by atoms with van der Waals surface area (Å²) in [5.41, 5.74) is 2.23. The highest BCUT2D eigenvalue weighted by atomic mass is 16.1. The molecule has 0 unspecified atom stereocenters. The monoisotopic (exact) mass is 247 g/mol. The van der Waals surface area contributed by atoms with E-state index in [1.165, 1.54) is 5.56 Å². The number of carbonyl (C=O) groups excluding carboxylic acids is 1. The van der Waals surface area contributed by atoms with Gasteiger partial charge in [0.2, 0.25) is 5.91 Å². The molecule has 2 nitrogen and oxygen atoms in total. The van der Waals surface area contributed by atoms with E-state index in [9.17, 15) is 4.79 Å². The van der Waals surface area contributed by atoms with E-state index in [0.717, 1.165) is 24.9 Å². The lowest BCUT2D eigenvalue weighted by molar-refractivity contribution is -0.120. The van der Waals surface area contributed by atoms with E-state index >= 15 is 0 Å². The van der Waals surface area contributed by atoms with Crippen LogP contribution in [0.3, 0.4) is 0 Å². The van der Waals surface area contributed by atoms with Crippen molar-refractivity contribution in [1.82, 2.24) is 0 Å². The third-order valence-corrected chi connectivity index (χ3v) is 3.72. The van der Waals surface area contributed by atoms with Crippen LogP contribution in [0.15, 0.2) is 24.3 Å². The average molecular weight is 247 g/mol. The van der Waals surface area contributed by atoms with Gasteiger partial charge in [-0.2, -0.15) is 0 Å². The highest BCUT2D eigenvalue weighted by Crippen LogP contribution is 2.21. The second-order valence-electron chi connectivity index (χ2n) is 4.93. The fraction of sp³-hybridized carbons (Fsp3) is 0.562. The number of rotatable bonds is 6. The van der Waals surface area contributed by atoms with Crippen molar-refractivity contribution in [3.63, 3.8) is 0 Å². The Morgan fingerprint density at radius 1 is 1.06 bits per heavy atom. The van der Waals surface area contributed by atoms with Crippen LogP contribution in [-0.2, 0) is 4.79 Å². The van der Waals surface area contributed by atoms with Crippen molar-refractivity contribution in [2.45, 2.75) is 52.9 Å². The summed E-state index contributed by atoms with van der Waals surface area (Å²) >= 11 is 0. The molecule has 0 aliphatic heterocycles. The summed E-state index contributed by atoms with van der Waals surface area (Å²) < 4.78 is 0. The first-order valence-corrected chi connectivity index (χ1v) is 7.03. The van der Waals surface area contributed by atoms with Crippen LogP contribution in [0.25, 0.3) is 0 Å². The third-order valence-electron chi connectivity index (χ3n) is 3.72. The Balaban J connectivity index is 2.66. The molecule has 1 aromatic carbocycles. The van der Waals surface area contributed by atoms with Gasteiger partial charge in [0.15, 0.2) is 0 Å². The van der Waals surface area contributed by atoms with Crippen LogP contribution in [0, 0.1) is 5.92 Å². The van der Waals surface area contributed by atoms with Gasteiger partial charge in [-0.15, -0.1) is 0 Å². The van der Waals surface area contributed by atoms with Crippen molar-refractivity contribution in [1.29, 1.82) is 0 Å². The Morgan fingerprint density at radius 2 is 1.61 bits per heavy atom. The van der Waals surface area contributed by atoms with Gasteiger partial charge in [-0.1, -0.05) is 39.8 Å². The maximum atomic E-state index is 11.9. The van der Waals surface area contributed by atoms with Crippen molar-refractivity contribution >= 4 is 11.6 Å². The first-order valence-electron chi connectivity index (χ1n) is 7.03. The lowest BCUT2D eigenvalue weighted by Crippen LogP contribution is -2.21. The number of hydrogen-bond acceptors (Lipinski definition) is 1. The number of carbonyl (C=O) groups is 1. The minimum Gasteiger partial charge on any atom is -0.326 e. The summed E-state index contributed by atoms with van der Waals surface area (Å²) in [5.74, 6) is 0.837. The topological polar surface area (TPSA) is 29.1 Å². The van der Waals surface area contributed by atoms with E-state index in [0.29, 0.717) is 5.92 Å². The molecular formula is C16H25NO. The minimum atomic E-state index is 0.124. The molecule has 1 rings (SSSR count). The van der Waals surface area contributed by atoms with Crippen molar-refractivity contribution in [3.8, 4) is 0 Å². The second-order valence-corrected chi connectivity index (χ2v) is 4.93. The van der Waals surface area contributed by atoms with Crippen LogP contribution in [0.5, 0.6) is 0 Å². The molecule has 0 saturated heterocycles. The van der Waals surface area contributed by atoms with Crippen LogP contribution in [0.4, 0.5) is 5.69 Å². The molecule has 18 heavy (non-hydrogen) atoms. The molecule has 0 aromatic heterocycles. The molecule has 1 N–H and O–H groups in total.